The van der Waals surface area contributed by atoms with Gasteiger partial charge in [0.2, 0.25) is 5.78 Å². The minimum absolute atomic E-state index is 0.0723. The molecule has 0 unspecified atom stereocenters. The number of carbonyl (C=O) groups is 1. The third kappa shape index (κ3) is 2.36. The number of fused-ring (bicyclic) bond motifs is 1. The van der Waals surface area contributed by atoms with Gasteiger partial charge in [0.25, 0.3) is 5.56 Å². The van der Waals surface area contributed by atoms with Gasteiger partial charge < -0.3 is 4.98 Å². The quantitative estimate of drug-likeness (QED) is 0.733. The maximum absolute atomic E-state index is 12.4. The number of rotatable bonds is 2. The van der Waals surface area contributed by atoms with Gasteiger partial charge in [0.15, 0.2) is 5.69 Å². The van der Waals surface area contributed by atoms with Crippen molar-refractivity contribution < 1.29 is 4.79 Å². The topological polar surface area (TPSA) is 62.8 Å². The number of carbonyl (C=O) groups excluding carboxylic acids is 1. The fourth-order valence-electron chi connectivity index (χ4n) is 2.23. The molecule has 1 aromatic heterocycles. The van der Waals surface area contributed by atoms with Crippen molar-refractivity contribution in [1.29, 1.82) is 0 Å². The first-order valence-corrected chi connectivity index (χ1v) is 6.67. The first kappa shape index (κ1) is 13.2. The van der Waals surface area contributed by atoms with Crippen LogP contribution < -0.4 is 5.56 Å². The van der Waals surface area contributed by atoms with Gasteiger partial charge >= 0.3 is 0 Å². The molecule has 3 rings (SSSR count). The highest BCUT2D eigenvalue weighted by Gasteiger charge is 2.16. The van der Waals surface area contributed by atoms with E-state index in [1.165, 1.54) is 0 Å². The lowest BCUT2D eigenvalue weighted by molar-refractivity contribution is 0.103. The zero-order valence-electron chi connectivity index (χ0n) is 11.8. The van der Waals surface area contributed by atoms with E-state index in [2.05, 4.69) is 9.97 Å². The molecule has 1 heterocycles. The third-order valence-electron chi connectivity index (χ3n) is 3.56. The molecule has 0 bridgehead atoms. The number of ketones is 1. The van der Waals surface area contributed by atoms with Crippen molar-refractivity contribution in [1.82, 2.24) is 9.97 Å². The summed E-state index contributed by atoms with van der Waals surface area (Å²) in [6, 6.07) is 12.4. The lowest BCUT2D eigenvalue weighted by Gasteiger charge is -2.05. The molecule has 0 saturated heterocycles. The van der Waals surface area contributed by atoms with Gasteiger partial charge in [-0.2, -0.15) is 0 Å². The van der Waals surface area contributed by atoms with Crippen molar-refractivity contribution in [2.45, 2.75) is 13.8 Å². The van der Waals surface area contributed by atoms with Crippen LogP contribution in [0.5, 0.6) is 0 Å². The number of aromatic nitrogens is 2. The predicted octanol–water partition coefficient (Wildman–Crippen LogP) is 2.77. The molecule has 3 aromatic rings. The Bertz CT molecular complexity index is 896. The van der Waals surface area contributed by atoms with Crippen molar-refractivity contribution in [3.8, 4) is 0 Å². The lowest BCUT2D eigenvalue weighted by atomic mass is 10.1. The molecule has 104 valence electrons. The van der Waals surface area contributed by atoms with Gasteiger partial charge in [0.05, 0.1) is 11.0 Å². The molecule has 21 heavy (non-hydrogen) atoms. The summed E-state index contributed by atoms with van der Waals surface area (Å²) in [5.41, 5.74) is 3.34. The first-order chi connectivity index (χ1) is 10.1. The van der Waals surface area contributed by atoms with Crippen LogP contribution in [0.2, 0.25) is 0 Å². The smallest absolute Gasteiger partial charge is 0.278 e. The number of aromatic amines is 1. The molecule has 0 saturated carbocycles. The van der Waals surface area contributed by atoms with Crippen molar-refractivity contribution in [3.63, 3.8) is 0 Å². The molecule has 2 aromatic carbocycles. The van der Waals surface area contributed by atoms with Crippen LogP contribution in [0, 0.1) is 13.8 Å². The summed E-state index contributed by atoms with van der Waals surface area (Å²) in [6.45, 7) is 3.94. The van der Waals surface area contributed by atoms with Crippen LogP contribution in [0.1, 0.15) is 27.2 Å². The molecule has 0 aliphatic carbocycles. The molecule has 1 N–H and O–H groups in total. The van der Waals surface area contributed by atoms with Crippen LogP contribution in [0.4, 0.5) is 0 Å². The molecule has 0 amide bonds. The van der Waals surface area contributed by atoms with Gasteiger partial charge in [-0.3, -0.25) is 9.59 Å². The second-order valence-corrected chi connectivity index (χ2v) is 5.06. The largest absolute Gasteiger partial charge is 0.319 e. The van der Waals surface area contributed by atoms with E-state index in [1.807, 2.05) is 32.0 Å². The summed E-state index contributed by atoms with van der Waals surface area (Å²) in [7, 11) is 0. The summed E-state index contributed by atoms with van der Waals surface area (Å²) in [5.74, 6) is -0.364. The van der Waals surface area contributed by atoms with Crippen LogP contribution in [0.3, 0.4) is 0 Å². The molecule has 0 radical (unpaired) electrons. The van der Waals surface area contributed by atoms with Crippen molar-refractivity contribution in [2.24, 2.45) is 0 Å². The third-order valence-corrected chi connectivity index (χ3v) is 3.56. The first-order valence-electron chi connectivity index (χ1n) is 6.67. The SMILES string of the molecule is Cc1cc2nc(C(=O)c3ccccc3)c(=O)[nH]c2cc1C. The molecule has 0 fully saturated rings. The van der Waals surface area contributed by atoms with Crippen LogP contribution in [-0.2, 0) is 0 Å². The van der Waals surface area contributed by atoms with Gasteiger partial charge in [-0.25, -0.2) is 4.98 Å². The number of hydrogen-bond acceptors (Lipinski definition) is 3. The number of H-pyrrole nitrogens is 1. The summed E-state index contributed by atoms with van der Waals surface area (Å²) < 4.78 is 0. The molecule has 0 atom stereocenters. The number of aryl methyl sites for hydroxylation is 2. The zero-order valence-corrected chi connectivity index (χ0v) is 11.8. The average Bonchev–Trinajstić information content (AvgIpc) is 2.49. The fraction of sp³-hybridized carbons (Fsp3) is 0.118. The monoisotopic (exact) mass is 278 g/mol. The van der Waals surface area contributed by atoms with E-state index in [0.717, 1.165) is 11.1 Å². The van der Waals surface area contributed by atoms with Gasteiger partial charge in [0, 0.05) is 5.56 Å². The minimum Gasteiger partial charge on any atom is -0.319 e. The van der Waals surface area contributed by atoms with E-state index < -0.39 is 5.56 Å². The van der Waals surface area contributed by atoms with Gasteiger partial charge in [-0.05, 0) is 37.1 Å². The number of nitrogens with one attached hydrogen (secondary N) is 1. The molecule has 0 aliphatic rings. The van der Waals surface area contributed by atoms with Crippen LogP contribution in [0.15, 0.2) is 47.3 Å². The van der Waals surface area contributed by atoms with Crippen molar-refractivity contribution in [2.75, 3.05) is 0 Å². The maximum Gasteiger partial charge on any atom is 0.278 e. The number of nitrogens with zero attached hydrogens (tertiary/aromatic N) is 1. The molecule has 4 nitrogen and oxygen atoms in total. The molecule has 0 spiro atoms. The predicted molar refractivity (Wildman–Crippen MR) is 81.7 cm³/mol. The molecule has 4 heteroatoms. The Balaban J connectivity index is 2.20. The summed E-state index contributed by atoms with van der Waals surface area (Å²) >= 11 is 0. The normalized spacial score (nSPS) is 10.8. The van der Waals surface area contributed by atoms with E-state index >= 15 is 0 Å². The second-order valence-electron chi connectivity index (χ2n) is 5.06. The van der Waals surface area contributed by atoms with E-state index in [4.69, 9.17) is 0 Å². The second kappa shape index (κ2) is 4.98. The molecular weight excluding hydrogens is 264 g/mol. The maximum atomic E-state index is 12.4. The Labute approximate surface area is 121 Å². The highest BCUT2D eigenvalue weighted by Crippen LogP contribution is 2.15. The average molecular weight is 278 g/mol. The summed E-state index contributed by atoms with van der Waals surface area (Å²) in [6.07, 6.45) is 0. The van der Waals surface area contributed by atoms with Gasteiger partial charge in [-0.15, -0.1) is 0 Å². The Hall–Kier alpha value is -2.75. The van der Waals surface area contributed by atoms with E-state index in [0.29, 0.717) is 16.6 Å². The van der Waals surface area contributed by atoms with Crippen molar-refractivity contribution >= 4 is 16.8 Å². The Morgan fingerprint density at radius 1 is 1.05 bits per heavy atom. The van der Waals surface area contributed by atoms with E-state index in [9.17, 15) is 9.59 Å². The molecule has 0 aliphatic heterocycles. The fourth-order valence-corrected chi connectivity index (χ4v) is 2.23. The zero-order chi connectivity index (χ0) is 15.0. The summed E-state index contributed by atoms with van der Waals surface area (Å²) in [4.78, 5) is 31.5. The lowest BCUT2D eigenvalue weighted by Crippen LogP contribution is -2.21. The van der Waals surface area contributed by atoms with Gasteiger partial charge in [0.1, 0.15) is 0 Å². The minimum atomic E-state index is -0.459. The number of hydrogen-bond donors (Lipinski definition) is 1. The van der Waals surface area contributed by atoms with Gasteiger partial charge in [-0.1, -0.05) is 30.3 Å². The Morgan fingerprint density at radius 2 is 1.71 bits per heavy atom. The van der Waals surface area contributed by atoms with Crippen molar-refractivity contribution in [3.05, 3.63) is 75.2 Å². The number of benzene rings is 2. The summed E-state index contributed by atoms with van der Waals surface area (Å²) in [5, 5.41) is 0. The van der Waals surface area contributed by atoms with E-state index in [-0.39, 0.29) is 11.5 Å². The van der Waals surface area contributed by atoms with E-state index in [1.54, 1.807) is 24.3 Å². The van der Waals surface area contributed by atoms with Crippen LogP contribution >= 0.6 is 0 Å². The Kier molecular flexibility index (Phi) is 3.14. The Morgan fingerprint density at radius 3 is 2.43 bits per heavy atom. The molecular formula is C17H14N2O2. The highest BCUT2D eigenvalue weighted by atomic mass is 16.1. The highest BCUT2D eigenvalue weighted by molar-refractivity contribution is 6.08. The van der Waals surface area contributed by atoms with Crippen LogP contribution in [-0.4, -0.2) is 15.8 Å². The standard InChI is InChI=1S/C17H14N2O2/c1-10-8-13-14(9-11(10)2)19-17(21)15(18-13)16(20)12-6-4-3-5-7-12/h3-9H,1-2H3,(H,19,21). The van der Waals surface area contributed by atoms with Crippen LogP contribution in [0.25, 0.3) is 11.0 Å².